The number of rotatable bonds is 4. The monoisotopic (exact) mass is 230 g/mol. The van der Waals surface area contributed by atoms with Crippen LogP contribution in [0, 0.1) is 0 Å². The van der Waals surface area contributed by atoms with Gasteiger partial charge in [0.2, 0.25) is 0 Å². The zero-order valence-electron chi connectivity index (χ0n) is 9.82. The average molecular weight is 230 g/mol. The molecule has 0 amide bonds. The van der Waals surface area contributed by atoms with E-state index in [1.165, 1.54) is 6.08 Å². The van der Waals surface area contributed by atoms with Gasteiger partial charge in [-0.1, -0.05) is 36.4 Å². The molecule has 2 aromatic rings. The predicted octanol–water partition coefficient (Wildman–Crippen LogP) is 4.19. The molecule has 0 saturated carbocycles. The van der Waals surface area contributed by atoms with Crippen LogP contribution in [0.2, 0.25) is 0 Å². The highest BCUT2D eigenvalue weighted by atomic mass is 19.1. The van der Waals surface area contributed by atoms with Gasteiger partial charge in [0, 0.05) is 6.61 Å². The quantitative estimate of drug-likeness (QED) is 0.765. The van der Waals surface area contributed by atoms with Crippen LogP contribution in [0.3, 0.4) is 0 Å². The summed E-state index contributed by atoms with van der Waals surface area (Å²) in [5.41, 5.74) is 0.862. The van der Waals surface area contributed by atoms with E-state index >= 15 is 0 Å². The van der Waals surface area contributed by atoms with Gasteiger partial charge in [-0.15, -0.1) is 0 Å². The Hall–Kier alpha value is -1.67. The van der Waals surface area contributed by atoms with Crippen LogP contribution < -0.4 is 0 Å². The van der Waals surface area contributed by atoms with Gasteiger partial charge in [-0.25, -0.2) is 4.39 Å². The van der Waals surface area contributed by atoms with Gasteiger partial charge in [-0.2, -0.15) is 0 Å². The van der Waals surface area contributed by atoms with E-state index in [4.69, 9.17) is 4.74 Å². The molecule has 0 radical (unpaired) electrons. The van der Waals surface area contributed by atoms with Crippen LogP contribution >= 0.6 is 0 Å². The van der Waals surface area contributed by atoms with Crippen LogP contribution in [0.1, 0.15) is 12.5 Å². The molecule has 0 spiro atoms. The standard InChI is InChI=1S/C15H15FO/c1-2-17-11-15(16)10-12-7-8-13-5-3-4-6-14(13)9-12/h3-10H,2,11H2,1H3/b15-10+. The molecule has 0 saturated heterocycles. The summed E-state index contributed by atoms with van der Waals surface area (Å²) in [4.78, 5) is 0. The van der Waals surface area contributed by atoms with Crippen molar-refractivity contribution in [2.75, 3.05) is 13.2 Å². The number of halogens is 1. The number of hydrogen-bond donors (Lipinski definition) is 0. The minimum atomic E-state index is -0.248. The van der Waals surface area contributed by atoms with Crippen molar-refractivity contribution in [3.05, 3.63) is 53.9 Å². The van der Waals surface area contributed by atoms with E-state index in [1.54, 1.807) is 0 Å². The lowest BCUT2D eigenvalue weighted by atomic mass is 10.1. The summed E-state index contributed by atoms with van der Waals surface area (Å²) in [6.07, 6.45) is 1.52. The summed E-state index contributed by atoms with van der Waals surface area (Å²) >= 11 is 0. The van der Waals surface area contributed by atoms with E-state index in [1.807, 2.05) is 49.4 Å². The Bertz CT molecular complexity index is 531. The molecule has 0 bridgehead atoms. The second-order valence-corrected chi connectivity index (χ2v) is 3.83. The smallest absolute Gasteiger partial charge is 0.126 e. The summed E-state index contributed by atoms with van der Waals surface area (Å²) in [6, 6.07) is 13.9. The maximum absolute atomic E-state index is 13.4. The van der Waals surface area contributed by atoms with Gasteiger partial charge in [0.15, 0.2) is 0 Å². The van der Waals surface area contributed by atoms with Gasteiger partial charge in [-0.3, -0.25) is 0 Å². The second-order valence-electron chi connectivity index (χ2n) is 3.83. The van der Waals surface area contributed by atoms with Gasteiger partial charge >= 0.3 is 0 Å². The van der Waals surface area contributed by atoms with Crippen LogP contribution in [0.15, 0.2) is 48.3 Å². The normalized spacial score (nSPS) is 12.0. The molecule has 0 aliphatic carbocycles. The maximum atomic E-state index is 13.4. The Kier molecular flexibility index (Phi) is 3.89. The molecule has 88 valence electrons. The number of ether oxygens (including phenoxy) is 1. The van der Waals surface area contributed by atoms with Gasteiger partial charge in [-0.05, 0) is 35.4 Å². The minimum absolute atomic E-state index is 0.0450. The first-order chi connectivity index (χ1) is 8.29. The van der Waals surface area contributed by atoms with Crippen LogP contribution in [0.4, 0.5) is 4.39 Å². The van der Waals surface area contributed by atoms with E-state index in [0.29, 0.717) is 6.61 Å². The molecule has 0 unspecified atom stereocenters. The predicted molar refractivity (Wildman–Crippen MR) is 69.5 cm³/mol. The molecule has 0 fully saturated rings. The molecule has 0 aromatic heterocycles. The van der Waals surface area contributed by atoms with Crippen molar-refractivity contribution in [3.8, 4) is 0 Å². The summed E-state index contributed by atoms with van der Waals surface area (Å²) in [6.45, 7) is 2.42. The maximum Gasteiger partial charge on any atom is 0.126 e. The van der Waals surface area contributed by atoms with Crippen molar-refractivity contribution in [1.29, 1.82) is 0 Å². The fourth-order valence-electron chi connectivity index (χ4n) is 1.72. The van der Waals surface area contributed by atoms with Crippen molar-refractivity contribution in [1.82, 2.24) is 0 Å². The number of benzene rings is 2. The first-order valence-electron chi connectivity index (χ1n) is 5.72. The molecule has 17 heavy (non-hydrogen) atoms. The molecule has 2 heteroatoms. The molecular formula is C15H15FO. The topological polar surface area (TPSA) is 9.23 Å². The highest BCUT2D eigenvalue weighted by Gasteiger charge is 1.97. The summed E-state index contributed by atoms with van der Waals surface area (Å²) in [5.74, 6) is -0.248. The first-order valence-corrected chi connectivity index (χ1v) is 5.72. The third-order valence-corrected chi connectivity index (χ3v) is 2.54. The van der Waals surface area contributed by atoms with Crippen molar-refractivity contribution in [2.45, 2.75) is 6.92 Å². The van der Waals surface area contributed by atoms with Crippen molar-refractivity contribution in [2.24, 2.45) is 0 Å². The lowest BCUT2D eigenvalue weighted by Gasteiger charge is -2.01. The number of hydrogen-bond acceptors (Lipinski definition) is 1. The zero-order valence-corrected chi connectivity index (χ0v) is 9.82. The highest BCUT2D eigenvalue weighted by molar-refractivity contribution is 5.84. The summed E-state index contributed by atoms with van der Waals surface area (Å²) in [7, 11) is 0. The van der Waals surface area contributed by atoms with Gasteiger partial charge in [0.25, 0.3) is 0 Å². The molecule has 0 atom stereocenters. The van der Waals surface area contributed by atoms with E-state index in [-0.39, 0.29) is 12.4 Å². The van der Waals surface area contributed by atoms with E-state index in [9.17, 15) is 4.39 Å². The molecule has 2 rings (SSSR count). The molecule has 0 heterocycles. The van der Waals surface area contributed by atoms with Crippen molar-refractivity contribution in [3.63, 3.8) is 0 Å². The van der Waals surface area contributed by atoms with Crippen LogP contribution in [-0.4, -0.2) is 13.2 Å². The Balaban J connectivity index is 2.24. The lowest BCUT2D eigenvalue weighted by Crippen LogP contribution is -1.93. The van der Waals surface area contributed by atoms with Gasteiger partial charge in [0.1, 0.15) is 5.83 Å². The van der Waals surface area contributed by atoms with Crippen LogP contribution in [-0.2, 0) is 4.74 Å². The van der Waals surface area contributed by atoms with Crippen molar-refractivity contribution >= 4 is 16.8 Å². The molecule has 0 aliphatic heterocycles. The largest absolute Gasteiger partial charge is 0.375 e. The Labute approximate surface area is 101 Å². The van der Waals surface area contributed by atoms with Crippen LogP contribution in [0.5, 0.6) is 0 Å². The number of fused-ring (bicyclic) bond motifs is 1. The fraction of sp³-hybridized carbons (Fsp3) is 0.200. The van der Waals surface area contributed by atoms with E-state index in [2.05, 4.69) is 0 Å². The van der Waals surface area contributed by atoms with Gasteiger partial charge in [0.05, 0.1) is 6.61 Å². The minimum Gasteiger partial charge on any atom is -0.375 e. The lowest BCUT2D eigenvalue weighted by molar-refractivity contribution is 0.157. The molecule has 2 aromatic carbocycles. The average Bonchev–Trinajstić information content (AvgIpc) is 2.36. The van der Waals surface area contributed by atoms with Gasteiger partial charge < -0.3 is 4.74 Å². The van der Waals surface area contributed by atoms with Crippen LogP contribution in [0.25, 0.3) is 16.8 Å². The third kappa shape index (κ3) is 3.14. The van der Waals surface area contributed by atoms with E-state index in [0.717, 1.165) is 16.3 Å². The molecule has 0 N–H and O–H groups in total. The third-order valence-electron chi connectivity index (χ3n) is 2.54. The Morgan fingerprint density at radius 3 is 2.71 bits per heavy atom. The van der Waals surface area contributed by atoms with E-state index < -0.39 is 0 Å². The SMILES string of the molecule is CCOC/C(F)=C\c1ccc2ccccc2c1. The molecule has 1 nitrogen and oxygen atoms in total. The second kappa shape index (κ2) is 5.60. The zero-order chi connectivity index (χ0) is 12.1. The highest BCUT2D eigenvalue weighted by Crippen LogP contribution is 2.17. The fourth-order valence-corrected chi connectivity index (χ4v) is 1.72. The summed E-state index contributed by atoms with van der Waals surface area (Å²) < 4.78 is 18.4. The Morgan fingerprint density at radius 1 is 1.18 bits per heavy atom. The molecule has 0 aliphatic rings. The van der Waals surface area contributed by atoms with Crippen molar-refractivity contribution < 1.29 is 9.13 Å². The first kappa shape index (κ1) is 11.8. The molecular weight excluding hydrogens is 215 g/mol. The summed E-state index contributed by atoms with van der Waals surface area (Å²) in [5, 5.41) is 2.28. The Morgan fingerprint density at radius 2 is 1.94 bits per heavy atom.